The van der Waals surface area contributed by atoms with Gasteiger partial charge < -0.3 is 4.90 Å². The lowest BCUT2D eigenvalue weighted by Gasteiger charge is -2.29. The molecule has 1 atom stereocenters. The number of nitrogens with zero attached hydrogens (tertiary/aromatic N) is 2. The van der Waals surface area contributed by atoms with E-state index in [1.54, 1.807) is 0 Å². The molecule has 0 saturated carbocycles. The van der Waals surface area contributed by atoms with Gasteiger partial charge in [0.1, 0.15) is 6.04 Å². The van der Waals surface area contributed by atoms with Crippen LogP contribution in [-0.2, 0) is 4.79 Å². The minimum Gasteiger partial charge on any atom is -0.344 e. The summed E-state index contributed by atoms with van der Waals surface area (Å²) in [6.45, 7) is 4.82. The lowest BCUT2D eigenvalue weighted by Crippen LogP contribution is -2.39. The third kappa shape index (κ3) is 4.29. The maximum atomic E-state index is 12.9. The van der Waals surface area contributed by atoms with E-state index < -0.39 is 0 Å². The van der Waals surface area contributed by atoms with E-state index in [0.717, 1.165) is 31.6 Å². The second-order valence-corrected chi connectivity index (χ2v) is 6.46. The van der Waals surface area contributed by atoms with Crippen LogP contribution >= 0.6 is 0 Å². The number of hydrogen-bond donors (Lipinski definition) is 2. The summed E-state index contributed by atoms with van der Waals surface area (Å²) in [5, 5.41) is 0. The Morgan fingerprint density at radius 3 is 2.55 bits per heavy atom. The lowest BCUT2D eigenvalue weighted by molar-refractivity contribution is -0.135. The largest absolute Gasteiger partial charge is 0.344 e. The number of amides is 1. The number of carbonyl (C=O) groups is 1. The number of rotatable bonds is 6. The summed E-state index contributed by atoms with van der Waals surface area (Å²) in [5.41, 5.74) is 8.52. The normalized spacial score (nSPS) is 17.0. The van der Waals surface area contributed by atoms with Crippen LogP contribution in [0.3, 0.4) is 0 Å². The molecule has 0 aliphatic carbocycles. The van der Waals surface area contributed by atoms with Crippen LogP contribution in [0.25, 0.3) is 0 Å². The fourth-order valence-electron chi connectivity index (χ4n) is 2.91. The zero-order valence-corrected chi connectivity index (χ0v) is 14.1. The van der Waals surface area contributed by atoms with Crippen LogP contribution in [-0.4, -0.2) is 56.5 Å². The van der Waals surface area contributed by atoms with Gasteiger partial charge in [0.15, 0.2) is 0 Å². The molecule has 22 heavy (non-hydrogen) atoms. The van der Waals surface area contributed by atoms with Gasteiger partial charge in [0, 0.05) is 26.7 Å². The van der Waals surface area contributed by atoms with Crippen molar-refractivity contribution in [1.29, 1.82) is 0 Å². The van der Waals surface area contributed by atoms with Gasteiger partial charge in [0.2, 0.25) is 5.91 Å². The average molecular weight is 304 g/mol. The highest BCUT2D eigenvalue weighted by Gasteiger charge is 2.26. The van der Waals surface area contributed by atoms with Gasteiger partial charge in [-0.3, -0.25) is 20.5 Å². The van der Waals surface area contributed by atoms with Gasteiger partial charge in [-0.05, 0) is 38.9 Å². The fraction of sp³-hybridized carbons (Fsp3) is 0.588. The molecule has 1 heterocycles. The molecule has 0 bridgehead atoms. The molecular weight excluding hydrogens is 276 g/mol. The van der Waals surface area contributed by atoms with Crippen molar-refractivity contribution in [2.24, 2.45) is 5.92 Å². The molecule has 1 aliphatic heterocycles. The van der Waals surface area contributed by atoms with E-state index in [-0.39, 0.29) is 11.9 Å². The van der Waals surface area contributed by atoms with E-state index in [2.05, 4.69) is 29.9 Å². The van der Waals surface area contributed by atoms with Crippen LogP contribution < -0.4 is 10.9 Å². The van der Waals surface area contributed by atoms with E-state index in [9.17, 15) is 4.79 Å². The van der Waals surface area contributed by atoms with E-state index in [4.69, 9.17) is 0 Å². The molecule has 2 rings (SSSR count). The van der Waals surface area contributed by atoms with E-state index >= 15 is 0 Å². The predicted molar refractivity (Wildman–Crippen MR) is 89.4 cm³/mol. The third-order valence-electron chi connectivity index (χ3n) is 4.26. The topological polar surface area (TPSA) is 47.6 Å². The Bertz CT molecular complexity index is 497. The monoisotopic (exact) mass is 304 g/mol. The molecule has 1 aliphatic rings. The van der Waals surface area contributed by atoms with Gasteiger partial charge in [-0.15, -0.1) is 0 Å². The SMILES string of the molecule is Cc1cccc(C(C(=O)N(C)CCC2CNNC2)N(C)C)c1. The minimum absolute atomic E-state index is 0.162. The Hall–Kier alpha value is -1.43. The Balaban J connectivity index is 2.02. The van der Waals surface area contributed by atoms with Crippen molar-refractivity contribution in [3.05, 3.63) is 35.4 Å². The van der Waals surface area contributed by atoms with Crippen molar-refractivity contribution in [2.45, 2.75) is 19.4 Å². The number of benzene rings is 1. The highest BCUT2D eigenvalue weighted by Crippen LogP contribution is 2.22. The number of carbonyl (C=O) groups excluding carboxylic acids is 1. The van der Waals surface area contributed by atoms with Crippen LogP contribution in [0.2, 0.25) is 0 Å². The smallest absolute Gasteiger partial charge is 0.244 e. The standard InChI is InChI=1S/C17H28N4O/c1-13-6-5-7-15(10-13)16(20(2)3)17(22)21(4)9-8-14-11-18-19-12-14/h5-7,10,14,16,18-19H,8-9,11-12H2,1-4H3. The van der Waals surface area contributed by atoms with Gasteiger partial charge in [-0.1, -0.05) is 29.8 Å². The number of likely N-dealkylation sites (N-methyl/N-ethyl adjacent to an activating group) is 2. The van der Waals surface area contributed by atoms with Crippen molar-refractivity contribution in [1.82, 2.24) is 20.7 Å². The van der Waals surface area contributed by atoms with E-state index in [0.29, 0.717) is 5.92 Å². The highest BCUT2D eigenvalue weighted by molar-refractivity contribution is 5.83. The molecule has 1 aromatic carbocycles. The van der Waals surface area contributed by atoms with E-state index in [1.165, 1.54) is 5.56 Å². The molecule has 0 spiro atoms. The zero-order chi connectivity index (χ0) is 16.1. The zero-order valence-electron chi connectivity index (χ0n) is 14.1. The lowest BCUT2D eigenvalue weighted by atomic mass is 10.0. The molecule has 1 unspecified atom stereocenters. The molecule has 1 saturated heterocycles. The number of hydrogen-bond acceptors (Lipinski definition) is 4. The summed E-state index contributed by atoms with van der Waals surface area (Å²) in [7, 11) is 5.83. The van der Waals surface area contributed by atoms with Crippen molar-refractivity contribution in [2.75, 3.05) is 40.8 Å². The number of nitrogens with one attached hydrogen (secondary N) is 2. The van der Waals surface area contributed by atoms with Crippen LogP contribution in [0.4, 0.5) is 0 Å². The third-order valence-corrected chi connectivity index (χ3v) is 4.26. The summed E-state index contributed by atoms with van der Waals surface area (Å²) in [5.74, 6) is 0.765. The predicted octanol–water partition coefficient (Wildman–Crippen LogP) is 1.17. The number of hydrazine groups is 1. The first-order valence-electron chi connectivity index (χ1n) is 7.92. The number of aryl methyl sites for hydroxylation is 1. The van der Waals surface area contributed by atoms with Gasteiger partial charge in [0.05, 0.1) is 0 Å². The highest BCUT2D eigenvalue weighted by atomic mass is 16.2. The molecule has 1 aromatic rings. The quantitative estimate of drug-likeness (QED) is 0.828. The van der Waals surface area contributed by atoms with Crippen molar-refractivity contribution >= 4 is 5.91 Å². The summed E-state index contributed by atoms with van der Waals surface area (Å²) < 4.78 is 0. The van der Waals surface area contributed by atoms with Crippen molar-refractivity contribution in [3.63, 3.8) is 0 Å². The second kappa shape index (κ2) is 7.72. The molecule has 2 N–H and O–H groups in total. The van der Waals surface area contributed by atoms with Gasteiger partial charge in [-0.2, -0.15) is 0 Å². The molecule has 122 valence electrons. The van der Waals surface area contributed by atoms with Crippen LogP contribution in [0.5, 0.6) is 0 Å². The molecule has 0 radical (unpaired) electrons. The van der Waals surface area contributed by atoms with Gasteiger partial charge in [0.25, 0.3) is 0 Å². The first-order chi connectivity index (χ1) is 10.5. The first-order valence-corrected chi connectivity index (χ1v) is 7.92. The fourth-order valence-corrected chi connectivity index (χ4v) is 2.91. The summed E-state index contributed by atoms with van der Waals surface area (Å²) in [6, 6.07) is 7.99. The summed E-state index contributed by atoms with van der Waals surface area (Å²) in [4.78, 5) is 16.7. The molecule has 1 fully saturated rings. The van der Waals surface area contributed by atoms with Gasteiger partial charge in [-0.25, -0.2) is 0 Å². The molecule has 1 amide bonds. The van der Waals surface area contributed by atoms with E-state index in [1.807, 2.05) is 43.1 Å². The average Bonchev–Trinajstić information content (AvgIpc) is 2.97. The maximum Gasteiger partial charge on any atom is 0.244 e. The Labute approximate surface area is 133 Å². The summed E-state index contributed by atoms with van der Waals surface area (Å²) >= 11 is 0. The second-order valence-electron chi connectivity index (χ2n) is 6.46. The van der Waals surface area contributed by atoms with Crippen LogP contribution in [0.1, 0.15) is 23.6 Å². The van der Waals surface area contributed by atoms with Crippen molar-refractivity contribution in [3.8, 4) is 0 Å². The summed E-state index contributed by atoms with van der Waals surface area (Å²) in [6.07, 6.45) is 1.02. The minimum atomic E-state index is -0.218. The van der Waals surface area contributed by atoms with Crippen LogP contribution in [0.15, 0.2) is 24.3 Å². The first kappa shape index (κ1) is 16.9. The van der Waals surface area contributed by atoms with Crippen molar-refractivity contribution < 1.29 is 4.79 Å². The molecule has 5 nitrogen and oxygen atoms in total. The van der Waals surface area contributed by atoms with Crippen LogP contribution in [0, 0.1) is 12.8 Å². The molecule has 5 heteroatoms. The van der Waals surface area contributed by atoms with Gasteiger partial charge >= 0.3 is 0 Å². The Kier molecular flexibility index (Phi) is 5.94. The maximum absolute atomic E-state index is 12.9. The Morgan fingerprint density at radius 1 is 1.27 bits per heavy atom. The Morgan fingerprint density at radius 2 is 1.95 bits per heavy atom. The molecular formula is C17H28N4O. The molecule has 0 aromatic heterocycles.